The third-order valence-electron chi connectivity index (χ3n) is 2.59. The quantitative estimate of drug-likeness (QED) is 0.648. The molecule has 0 unspecified atom stereocenters. The van der Waals surface area contributed by atoms with E-state index in [2.05, 4.69) is 9.97 Å². The van der Waals surface area contributed by atoms with Gasteiger partial charge in [0.05, 0.1) is 11.4 Å². The fraction of sp³-hybridized carbons (Fsp3) is 0.0833. The number of aromatic amines is 1. The van der Waals surface area contributed by atoms with Gasteiger partial charge >= 0.3 is 0 Å². The van der Waals surface area contributed by atoms with Gasteiger partial charge in [0, 0.05) is 28.0 Å². The SMILES string of the molecule is Cc1cnc(-c2cc3cc(N)c(F)cc3[nH]2)s1. The standard InChI is InChI=1S/C12H10FN3S/c1-6-5-15-12(17-6)11-3-7-2-9(14)8(13)4-10(7)16-11/h2-5,16H,14H2,1H3. The van der Waals surface area contributed by atoms with Gasteiger partial charge in [-0.25, -0.2) is 9.37 Å². The van der Waals surface area contributed by atoms with Gasteiger partial charge in [-0.2, -0.15) is 0 Å². The monoisotopic (exact) mass is 247 g/mol. The fourth-order valence-corrected chi connectivity index (χ4v) is 2.50. The molecule has 0 radical (unpaired) electrons. The van der Waals surface area contributed by atoms with Crippen LogP contribution >= 0.6 is 11.3 Å². The van der Waals surface area contributed by atoms with E-state index in [4.69, 9.17) is 5.73 Å². The van der Waals surface area contributed by atoms with Crippen LogP contribution in [0.5, 0.6) is 0 Å². The molecule has 0 saturated carbocycles. The number of hydrogen-bond acceptors (Lipinski definition) is 3. The Kier molecular flexibility index (Phi) is 2.16. The number of hydrogen-bond donors (Lipinski definition) is 2. The Bertz CT molecular complexity index is 660. The molecule has 0 fully saturated rings. The van der Waals surface area contributed by atoms with Crippen molar-refractivity contribution in [1.82, 2.24) is 9.97 Å². The van der Waals surface area contributed by atoms with Gasteiger partial charge in [-0.3, -0.25) is 0 Å². The Morgan fingerprint density at radius 1 is 1.35 bits per heavy atom. The zero-order valence-corrected chi connectivity index (χ0v) is 9.94. The number of aryl methyl sites for hydroxylation is 1. The van der Waals surface area contributed by atoms with Gasteiger partial charge < -0.3 is 10.7 Å². The summed E-state index contributed by atoms with van der Waals surface area (Å²) in [6.45, 7) is 2.00. The fourth-order valence-electron chi connectivity index (χ4n) is 1.77. The van der Waals surface area contributed by atoms with Crippen LogP contribution in [0.25, 0.3) is 21.6 Å². The summed E-state index contributed by atoms with van der Waals surface area (Å²) in [5.74, 6) is -0.402. The number of halogens is 1. The summed E-state index contributed by atoms with van der Waals surface area (Å²) >= 11 is 1.60. The number of aromatic nitrogens is 2. The van der Waals surface area contributed by atoms with Crippen molar-refractivity contribution >= 4 is 27.9 Å². The number of H-pyrrole nitrogens is 1. The molecule has 0 aliphatic rings. The van der Waals surface area contributed by atoms with Crippen LogP contribution in [0.15, 0.2) is 24.4 Å². The number of nitrogens with zero attached hydrogens (tertiary/aromatic N) is 1. The normalized spacial score (nSPS) is 11.2. The third kappa shape index (κ3) is 1.68. The summed E-state index contributed by atoms with van der Waals surface area (Å²) in [7, 11) is 0. The van der Waals surface area contributed by atoms with E-state index in [1.54, 1.807) is 17.4 Å². The smallest absolute Gasteiger partial charge is 0.148 e. The number of nitrogens with one attached hydrogen (secondary N) is 1. The van der Waals surface area contributed by atoms with Crippen molar-refractivity contribution in [3.63, 3.8) is 0 Å². The molecule has 2 aromatic heterocycles. The van der Waals surface area contributed by atoms with Gasteiger partial charge in [0.25, 0.3) is 0 Å². The Morgan fingerprint density at radius 2 is 2.18 bits per heavy atom. The molecule has 2 heterocycles. The number of nitrogen functional groups attached to an aromatic ring is 1. The van der Waals surface area contributed by atoms with Crippen LogP contribution in [0.2, 0.25) is 0 Å². The second kappa shape index (κ2) is 3.56. The first kappa shape index (κ1) is 10.3. The molecular formula is C12H10FN3S. The van der Waals surface area contributed by atoms with Crippen LogP contribution in [0.1, 0.15) is 4.88 Å². The zero-order chi connectivity index (χ0) is 12.0. The molecule has 0 spiro atoms. The molecule has 3 nitrogen and oxygen atoms in total. The number of anilines is 1. The number of thiazole rings is 1. The van der Waals surface area contributed by atoms with E-state index < -0.39 is 5.82 Å². The maximum absolute atomic E-state index is 13.3. The van der Waals surface area contributed by atoms with Crippen LogP contribution in [0, 0.1) is 12.7 Å². The van der Waals surface area contributed by atoms with Crippen molar-refractivity contribution in [3.05, 3.63) is 35.1 Å². The minimum Gasteiger partial charge on any atom is -0.396 e. The average Bonchev–Trinajstić information content (AvgIpc) is 2.85. The lowest BCUT2D eigenvalue weighted by molar-refractivity contribution is 0.634. The van der Waals surface area contributed by atoms with E-state index in [-0.39, 0.29) is 5.69 Å². The summed E-state index contributed by atoms with van der Waals surface area (Å²) in [4.78, 5) is 8.58. The Hall–Kier alpha value is -1.88. The van der Waals surface area contributed by atoms with Crippen molar-refractivity contribution < 1.29 is 4.39 Å². The van der Waals surface area contributed by atoms with Crippen LogP contribution in [-0.4, -0.2) is 9.97 Å². The molecule has 17 heavy (non-hydrogen) atoms. The van der Waals surface area contributed by atoms with Crippen molar-refractivity contribution in [2.24, 2.45) is 0 Å². The minimum atomic E-state index is -0.402. The van der Waals surface area contributed by atoms with Gasteiger partial charge in [0.15, 0.2) is 0 Å². The number of benzene rings is 1. The van der Waals surface area contributed by atoms with E-state index in [0.717, 1.165) is 26.5 Å². The molecule has 0 bridgehead atoms. The molecule has 0 amide bonds. The van der Waals surface area contributed by atoms with E-state index in [1.165, 1.54) is 6.07 Å². The van der Waals surface area contributed by atoms with Crippen molar-refractivity contribution in [3.8, 4) is 10.7 Å². The summed E-state index contributed by atoms with van der Waals surface area (Å²) in [5.41, 5.74) is 7.33. The minimum absolute atomic E-state index is 0.165. The van der Waals surface area contributed by atoms with Crippen LogP contribution in [-0.2, 0) is 0 Å². The van der Waals surface area contributed by atoms with Gasteiger partial charge in [0.2, 0.25) is 0 Å². The highest BCUT2D eigenvalue weighted by Gasteiger charge is 2.09. The van der Waals surface area contributed by atoms with Gasteiger partial charge in [-0.1, -0.05) is 0 Å². The second-order valence-corrected chi connectivity index (χ2v) is 5.15. The molecule has 1 aromatic carbocycles. The molecule has 3 rings (SSSR count). The van der Waals surface area contributed by atoms with Crippen LogP contribution < -0.4 is 5.73 Å². The molecule has 0 saturated heterocycles. The van der Waals surface area contributed by atoms with Crippen molar-refractivity contribution in [2.75, 3.05) is 5.73 Å². The predicted octanol–water partition coefficient (Wildman–Crippen LogP) is 3.32. The second-order valence-electron chi connectivity index (χ2n) is 3.92. The largest absolute Gasteiger partial charge is 0.396 e. The maximum atomic E-state index is 13.3. The zero-order valence-electron chi connectivity index (χ0n) is 9.12. The van der Waals surface area contributed by atoms with E-state index in [9.17, 15) is 4.39 Å². The Morgan fingerprint density at radius 3 is 2.88 bits per heavy atom. The lowest BCUT2D eigenvalue weighted by atomic mass is 10.2. The summed E-state index contributed by atoms with van der Waals surface area (Å²) in [6, 6.07) is 4.98. The topological polar surface area (TPSA) is 54.7 Å². The molecule has 0 aliphatic carbocycles. The van der Waals surface area contributed by atoms with Gasteiger partial charge in [-0.15, -0.1) is 11.3 Å². The van der Waals surface area contributed by atoms with Gasteiger partial charge in [-0.05, 0) is 19.1 Å². The summed E-state index contributed by atoms with van der Waals surface area (Å²) in [6.07, 6.45) is 1.82. The summed E-state index contributed by atoms with van der Waals surface area (Å²) < 4.78 is 13.3. The molecule has 0 atom stereocenters. The first-order chi connectivity index (χ1) is 8.13. The molecule has 3 aromatic rings. The number of nitrogens with two attached hydrogens (primary N) is 1. The first-order valence-electron chi connectivity index (χ1n) is 5.14. The van der Waals surface area contributed by atoms with Crippen LogP contribution in [0.4, 0.5) is 10.1 Å². The van der Waals surface area contributed by atoms with E-state index in [1.807, 2.05) is 19.2 Å². The Balaban J connectivity index is 2.19. The first-order valence-corrected chi connectivity index (χ1v) is 5.95. The maximum Gasteiger partial charge on any atom is 0.148 e. The average molecular weight is 247 g/mol. The lowest BCUT2D eigenvalue weighted by Crippen LogP contribution is -1.88. The molecular weight excluding hydrogens is 237 g/mol. The lowest BCUT2D eigenvalue weighted by Gasteiger charge is -1.95. The predicted molar refractivity (Wildman–Crippen MR) is 68.5 cm³/mol. The van der Waals surface area contributed by atoms with Crippen LogP contribution in [0.3, 0.4) is 0 Å². The van der Waals surface area contributed by atoms with E-state index >= 15 is 0 Å². The van der Waals surface area contributed by atoms with Crippen molar-refractivity contribution in [2.45, 2.75) is 6.92 Å². The van der Waals surface area contributed by atoms with E-state index in [0.29, 0.717) is 0 Å². The highest BCUT2D eigenvalue weighted by Crippen LogP contribution is 2.29. The highest BCUT2D eigenvalue weighted by atomic mass is 32.1. The van der Waals surface area contributed by atoms with Gasteiger partial charge in [0.1, 0.15) is 10.8 Å². The molecule has 3 N–H and O–H groups in total. The number of fused-ring (bicyclic) bond motifs is 1. The Labute approximate surface area is 101 Å². The highest BCUT2D eigenvalue weighted by molar-refractivity contribution is 7.14. The summed E-state index contributed by atoms with van der Waals surface area (Å²) in [5, 5.41) is 1.80. The van der Waals surface area contributed by atoms with Crippen molar-refractivity contribution in [1.29, 1.82) is 0 Å². The molecule has 5 heteroatoms. The molecule has 0 aliphatic heterocycles. The molecule has 86 valence electrons. The number of rotatable bonds is 1. The third-order valence-corrected chi connectivity index (χ3v) is 3.54.